The van der Waals surface area contributed by atoms with Crippen LogP contribution in [0.5, 0.6) is 0 Å². The number of nitrogens with one attached hydrogen (secondary N) is 1. The highest BCUT2D eigenvalue weighted by molar-refractivity contribution is 5.20. The minimum absolute atomic E-state index is 0.591. The average molecular weight is 290 g/mol. The fourth-order valence-corrected chi connectivity index (χ4v) is 3.12. The lowest BCUT2D eigenvalue weighted by atomic mass is 9.84. The third-order valence-corrected chi connectivity index (χ3v) is 4.72. The van der Waals surface area contributed by atoms with Crippen LogP contribution in [0.15, 0.2) is 30.3 Å². The van der Waals surface area contributed by atoms with Crippen LogP contribution in [0.3, 0.4) is 0 Å². The van der Waals surface area contributed by atoms with E-state index in [-0.39, 0.29) is 0 Å². The molecule has 1 aromatic rings. The van der Waals surface area contributed by atoms with Gasteiger partial charge in [0.25, 0.3) is 0 Å². The van der Waals surface area contributed by atoms with E-state index in [0.29, 0.717) is 12.0 Å². The molecule has 1 nitrogen and oxygen atoms in total. The highest BCUT2D eigenvalue weighted by Gasteiger charge is 2.21. The first-order valence-electron chi connectivity index (χ1n) is 9.01. The first kappa shape index (κ1) is 18.2. The molecule has 0 aliphatic rings. The van der Waals surface area contributed by atoms with Crippen molar-refractivity contribution in [3.8, 4) is 0 Å². The third kappa shape index (κ3) is 6.65. The van der Waals surface area contributed by atoms with E-state index >= 15 is 0 Å². The summed E-state index contributed by atoms with van der Waals surface area (Å²) in [6.45, 7) is 10.4. The molecule has 0 heterocycles. The normalized spacial score (nSPS) is 15.6. The molecule has 0 bridgehead atoms. The monoisotopic (exact) mass is 289 g/mol. The fourth-order valence-electron chi connectivity index (χ4n) is 3.12. The van der Waals surface area contributed by atoms with E-state index in [9.17, 15) is 0 Å². The van der Waals surface area contributed by atoms with E-state index in [4.69, 9.17) is 0 Å². The second kappa shape index (κ2) is 10.8. The van der Waals surface area contributed by atoms with Gasteiger partial charge in [-0.05, 0) is 36.8 Å². The minimum atomic E-state index is 0.591. The van der Waals surface area contributed by atoms with Crippen LogP contribution in [-0.2, 0) is 0 Å². The standard InChI is InChI=1S/C20H35N/c1-5-8-12-18(7-3)16-20(21-15-6-2)17(4)19-13-10-9-11-14-19/h9-11,13-14,17-18,20-21H,5-8,12,15-16H2,1-4H3. The van der Waals surface area contributed by atoms with Gasteiger partial charge < -0.3 is 5.32 Å². The molecule has 1 N–H and O–H groups in total. The highest BCUT2D eigenvalue weighted by atomic mass is 14.9. The van der Waals surface area contributed by atoms with E-state index in [1.54, 1.807) is 0 Å². The van der Waals surface area contributed by atoms with E-state index in [0.717, 1.165) is 12.5 Å². The van der Waals surface area contributed by atoms with E-state index in [1.807, 2.05) is 0 Å². The Morgan fingerprint density at radius 2 is 1.71 bits per heavy atom. The van der Waals surface area contributed by atoms with Crippen LogP contribution < -0.4 is 5.32 Å². The summed E-state index contributed by atoms with van der Waals surface area (Å²) in [5, 5.41) is 3.81. The van der Waals surface area contributed by atoms with Gasteiger partial charge in [-0.3, -0.25) is 0 Å². The molecule has 21 heavy (non-hydrogen) atoms. The van der Waals surface area contributed by atoms with Crippen molar-refractivity contribution in [1.29, 1.82) is 0 Å². The SMILES string of the molecule is CCCCC(CC)CC(NCCC)C(C)c1ccccc1. The zero-order valence-corrected chi connectivity index (χ0v) is 14.6. The van der Waals surface area contributed by atoms with Crippen molar-refractivity contribution in [2.24, 2.45) is 5.92 Å². The quantitative estimate of drug-likeness (QED) is 0.545. The van der Waals surface area contributed by atoms with Crippen LogP contribution in [-0.4, -0.2) is 12.6 Å². The van der Waals surface area contributed by atoms with Gasteiger partial charge in [0.05, 0.1) is 0 Å². The lowest BCUT2D eigenvalue weighted by molar-refractivity contribution is 0.323. The molecule has 0 aliphatic heterocycles. The highest BCUT2D eigenvalue weighted by Crippen LogP contribution is 2.27. The van der Waals surface area contributed by atoms with Crippen molar-refractivity contribution in [2.75, 3.05) is 6.54 Å². The summed E-state index contributed by atoms with van der Waals surface area (Å²) in [6.07, 6.45) is 7.91. The molecule has 1 heteroatoms. The van der Waals surface area contributed by atoms with E-state index in [1.165, 1.54) is 44.1 Å². The second-order valence-electron chi connectivity index (χ2n) is 6.41. The Morgan fingerprint density at radius 1 is 1.00 bits per heavy atom. The molecule has 0 saturated carbocycles. The van der Waals surface area contributed by atoms with Gasteiger partial charge in [-0.1, -0.05) is 83.7 Å². The topological polar surface area (TPSA) is 12.0 Å². The molecule has 1 aromatic carbocycles. The predicted octanol–water partition coefficient (Wildman–Crippen LogP) is 5.76. The van der Waals surface area contributed by atoms with Gasteiger partial charge in [-0.25, -0.2) is 0 Å². The number of hydrogen-bond acceptors (Lipinski definition) is 1. The summed E-state index contributed by atoms with van der Waals surface area (Å²) in [5.41, 5.74) is 1.47. The first-order chi connectivity index (χ1) is 10.2. The zero-order valence-electron chi connectivity index (χ0n) is 14.6. The maximum atomic E-state index is 3.81. The smallest absolute Gasteiger partial charge is 0.0136 e. The number of unbranched alkanes of at least 4 members (excludes halogenated alkanes) is 1. The number of rotatable bonds is 11. The van der Waals surface area contributed by atoms with Crippen LogP contribution in [0, 0.1) is 5.92 Å². The van der Waals surface area contributed by atoms with Crippen LogP contribution in [0.25, 0.3) is 0 Å². The Balaban J connectivity index is 2.69. The third-order valence-electron chi connectivity index (χ3n) is 4.72. The number of hydrogen-bond donors (Lipinski definition) is 1. The van der Waals surface area contributed by atoms with Gasteiger partial charge in [-0.2, -0.15) is 0 Å². The Morgan fingerprint density at radius 3 is 2.29 bits per heavy atom. The predicted molar refractivity (Wildman–Crippen MR) is 94.9 cm³/mol. The molecule has 0 spiro atoms. The Kier molecular flexibility index (Phi) is 9.41. The van der Waals surface area contributed by atoms with Crippen LogP contribution in [0.1, 0.15) is 77.7 Å². The summed E-state index contributed by atoms with van der Waals surface area (Å²) < 4.78 is 0. The largest absolute Gasteiger partial charge is 0.313 e. The molecular formula is C20H35N. The van der Waals surface area contributed by atoms with Gasteiger partial charge in [0.2, 0.25) is 0 Å². The molecule has 0 aromatic heterocycles. The maximum Gasteiger partial charge on any atom is 0.0136 e. The van der Waals surface area contributed by atoms with Crippen molar-refractivity contribution in [1.82, 2.24) is 5.32 Å². The van der Waals surface area contributed by atoms with Crippen molar-refractivity contribution in [3.63, 3.8) is 0 Å². The molecule has 0 amide bonds. The molecular weight excluding hydrogens is 254 g/mol. The molecule has 0 fully saturated rings. The van der Waals surface area contributed by atoms with Crippen LogP contribution >= 0.6 is 0 Å². The average Bonchev–Trinajstić information content (AvgIpc) is 2.54. The van der Waals surface area contributed by atoms with Gasteiger partial charge in [0.15, 0.2) is 0 Å². The second-order valence-corrected chi connectivity index (χ2v) is 6.41. The Hall–Kier alpha value is -0.820. The van der Waals surface area contributed by atoms with E-state index in [2.05, 4.69) is 63.3 Å². The fraction of sp³-hybridized carbons (Fsp3) is 0.700. The number of benzene rings is 1. The van der Waals surface area contributed by atoms with Crippen molar-refractivity contribution < 1.29 is 0 Å². The van der Waals surface area contributed by atoms with Crippen molar-refractivity contribution in [3.05, 3.63) is 35.9 Å². The molecule has 0 radical (unpaired) electrons. The van der Waals surface area contributed by atoms with Crippen LogP contribution in [0.4, 0.5) is 0 Å². The summed E-state index contributed by atoms with van der Waals surface area (Å²) in [4.78, 5) is 0. The molecule has 3 atom stereocenters. The van der Waals surface area contributed by atoms with Crippen molar-refractivity contribution >= 4 is 0 Å². The maximum absolute atomic E-state index is 3.81. The summed E-state index contributed by atoms with van der Waals surface area (Å²) in [6, 6.07) is 11.6. The van der Waals surface area contributed by atoms with Gasteiger partial charge in [0, 0.05) is 6.04 Å². The summed E-state index contributed by atoms with van der Waals surface area (Å²) in [7, 11) is 0. The molecule has 0 aliphatic carbocycles. The summed E-state index contributed by atoms with van der Waals surface area (Å²) >= 11 is 0. The first-order valence-corrected chi connectivity index (χ1v) is 9.01. The lowest BCUT2D eigenvalue weighted by Crippen LogP contribution is -2.36. The van der Waals surface area contributed by atoms with Gasteiger partial charge >= 0.3 is 0 Å². The molecule has 0 saturated heterocycles. The molecule has 120 valence electrons. The lowest BCUT2D eigenvalue weighted by Gasteiger charge is -2.29. The molecule has 1 rings (SSSR count). The molecule has 3 unspecified atom stereocenters. The Labute approximate surface area is 132 Å². The summed E-state index contributed by atoms with van der Waals surface area (Å²) in [5.74, 6) is 1.46. The van der Waals surface area contributed by atoms with Crippen molar-refractivity contribution in [2.45, 2.75) is 78.2 Å². The van der Waals surface area contributed by atoms with Crippen LogP contribution in [0.2, 0.25) is 0 Å². The minimum Gasteiger partial charge on any atom is -0.313 e. The Bertz CT molecular complexity index is 346. The van der Waals surface area contributed by atoms with Gasteiger partial charge in [0.1, 0.15) is 0 Å². The zero-order chi connectivity index (χ0) is 15.5. The van der Waals surface area contributed by atoms with Gasteiger partial charge in [-0.15, -0.1) is 0 Å². The van der Waals surface area contributed by atoms with E-state index < -0.39 is 0 Å².